The number of benzene rings is 3. The van der Waals surface area contributed by atoms with Crippen LogP contribution in [0.15, 0.2) is 77.4 Å². The molecule has 0 N–H and O–H groups in total. The van der Waals surface area contributed by atoms with Gasteiger partial charge in [0.1, 0.15) is 28.8 Å². The Morgan fingerprint density at radius 3 is 2.40 bits per heavy atom. The average Bonchev–Trinajstić information content (AvgIpc) is 3.43. The SMILES string of the molecule is O=c1ncn(Cc2c(F)cc(F)cc2F)c2ccc(Oc3ncc(CCc4ccc5ncsc5c4)cc3C(F)(F)F)cc12. The van der Waals surface area contributed by atoms with Crippen LogP contribution >= 0.6 is 11.3 Å². The van der Waals surface area contributed by atoms with E-state index < -0.39 is 52.7 Å². The molecule has 3 aromatic carbocycles. The molecule has 0 fully saturated rings. The van der Waals surface area contributed by atoms with Crippen molar-refractivity contribution in [3.05, 3.63) is 123 Å². The molecule has 0 amide bonds. The lowest BCUT2D eigenvalue weighted by Crippen LogP contribution is -2.14. The van der Waals surface area contributed by atoms with Crippen LogP contribution in [0.1, 0.15) is 22.3 Å². The minimum absolute atomic E-state index is 0.0778. The number of aromatic nitrogens is 4. The van der Waals surface area contributed by atoms with Crippen LogP contribution in [0.5, 0.6) is 11.6 Å². The zero-order valence-electron chi connectivity index (χ0n) is 21.8. The van der Waals surface area contributed by atoms with Crippen molar-refractivity contribution in [1.82, 2.24) is 19.5 Å². The number of nitrogens with zero attached hydrogens (tertiary/aromatic N) is 4. The number of aryl methyl sites for hydroxylation is 2. The number of thiazole rings is 1. The number of ether oxygens (including phenoxy) is 1. The first kappa shape index (κ1) is 28.3. The topological polar surface area (TPSA) is 69.9 Å². The quantitative estimate of drug-likeness (QED) is 0.175. The Morgan fingerprint density at radius 1 is 0.860 bits per heavy atom. The van der Waals surface area contributed by atoms with Gasteiger partial charge < -0.3 is 9.30 Å². The Balaban J connectivity index is 1.27. The summed E-state index contributed by atoms with van der Waals surface area (Å²) in [6.45, 7) is -0.429. The third-order valence-electron chi connectivity index (χ3n) is 6.78. The number of rotatable bonds is 7. The van der Waals surface area contributed by atoms with Gasteiger partial charge in [-0.2, -0.15) is 18.2 Å². The Bertz CT molecular complexity index is 2030. The number of hydrogen-bond donors (Lipinski definition) is 0. The van der Waals surface area contributed by atoms with E-state index in [4.69, 9.17) is 4.74 Å². The Labute approximate surface area is 242 Å². The summed E-state index contributed by atoms with van der Waals surface area (Å²) in [6.07, 6.45) is -1.63. The van der Waals surface area contributed by atoms with E-state index in [2.05, 4.69) is 15.0 Å². The second-order valence-electron chi connectivity index (χ2n) is 9.66. The maximum Gasteiger partial charge on any atom is 0.421 e. The zero-order chi connectivity index (χ0) is 30.3. The largest absolute Gasteiger partial charge is 0.438 e. The smallest absolute Gasteiger partial charge is 0.421 e. The molecule has 0 aliphatic rings. The fraction of sp³-hybridized carbons (Fsp3) is 0.133. The van der Waals surface area contributed by atoms with Gasteiger partial charge in [0.15, 0.2) is 0 Å². The molecule has 3 aromatic heterocycles. The number of pyridine rings is 1. The monoisotopic (exact) mass is 612 g/mol. The van der Waals surface area contributed by atoms with E-state index in [9.17, 15) is 31.1 Å². The van der Waals surface area contributed by atoms with Crippen molar-refractivity contribution in [2.24, 2.45) is 0 Å². The average molecular weight is 613 g/mol. The van der Waals surface area contributed by atoms with E-state index in [1.165, 1.54) is 40.3 Å². The first-order valence-corrected chi connectivity index (χ1v) is 13.6. The molecule has 0 aliphatic carbocycles. The summed E-state index contributed by atoms with van der Waals surface area (Å²) in [4.78, 5) is 24.4. The summed E-state index contributed by atoms with van der Waals surface area (Å²) >= 11 is 1.48. The normalized spacial score (nSPS) is 11.9. The van der Waals surface area contributed by atoms with Gasteiger partial charge in [-0.25, -0.2) is 23.1 Å². The Morgan fingerprint density at radius 2 is 1.63 bits per heavy atom. The highest BCUT2D eigenvalue weighted by atomic mass is 32.1. The van der Waals surface area contributed by atoms with Crippen LogP contribution in [0, 0.1) is 17.5 Å². The van der Waals surface area contributed by atoms with Crippen molar-refractivity contribution in [3.8, 4) is 11.6 Å². The van der Waals surface area contributed by atoms with Crippen molar-refractivity contribution in [3.63, 3.8) is 0 Å². The van der Waals surface area contributed by atoms with Crippen LogP contribution in [0.2, 0.25) is 0 Å². The molecular formula is C30H18F6N4O2S. The van der Waals surface area contributed by atoms with Gasteiger partial charge in [-0.3, -0.25) is 4.79 Å². The van der Waals surface area contributed by atoms with Gasteiger partial charge in [-0.15, -0.1) is 11.3 Å². The third-order valence-corrected chi connectivity index (χ3v) is 7.57. The second kappa shape index (κ2) is 11.1. The summed E-state index contributed by atoms with van der Waals surface area (Å²) in [5.74, 6) is -4.18. The number of fused-ring (bicyclic) bond motifs is 2. The summed E-state index contributed by atoms with van der Waals surface area (Å²) in [7, 11) is 0. The van der Waals surface area contributed by atoms with Gasteiger partial charge in [-0.05, 0) is 60.4 Å². The molecule has 0 unspecified atom stereocenters. The maximum atomic E-state index is 14.2. The highest BCUT2D eigenvalue weighted by Crippen LogP contribution is 2.38. The van der Waals surface area contributed by atoms with Crippen molar-refractivity contribution < 1.29 is 31.1 Å². The molecule has 0 aliphatic heterocycles. The fourth-order valence-electron chi connectivity index (χ4n) is 4.65. The highest BCUT2D eigenvalue weighted by molar-refractivity contribution is 7.16. The molecule has 0 saturated heterocycles. The van der Waals surface area contributed by atoms with Crippen molar-refractivity contribution in [2.75, 3.05) is 0 Å². The summed E-state index contributed by atoms with van der Waals surface area (Å²) < 4.78 is 91.6. The predicted octanol–water partition coefficient (Wildman–Crippen LogP) is 7.46. The lowest BCUT2D eigenvalue weighted by molar-refractivity contribution is -0.138. The molecule has 0 radical (unpaired) electrons. The zero-order valence-corrected chi connectivity index (χ0v) is 22.6. The molecule has 6 nitrogen and oxygen atoms in total. The minimum Gasteiger partial charge on any atom is -0.438 e. The molecule has 3 heterocycles. The number of alkyl halides is 3. The number of hydrogen-bond acceptors (Lipinski definition) is 6. The molecule has 0 saturated carbocycles. The standard InChI is InChI=1S/C30H18F6N4O2S/c31-18-9-23(32)21(24(33)10-18)13-40-14-38-28(41)20-11-19(4-6-26(20)40)42-29-22(30(34,35)36)7-17(12-37-29)2-1-16-3-5-25-27(8-16)43-15-39-25/h3-12,14-15H,1-2,13H2. The van der Waals surface area contributed by atoms with Gasteiger partial charge >= 0.3 is 6.18 Å². The first-order valence-electron chi connectivity index (χ1n) is 12.7. The molecule has 43 heavy (non-hydrogen) atoms. The molecule has 6 rings (SSSR count). The van der Waals surface area contributed by atoms with Gasteiger partial charge in [0.25, 0.3) is 5.56 Å². The molecule has 0 spiro atoms. The fourth-order valence-corrected chi connectivity index (χ4v) is 5.39. The second-order valence-corrected chi connectivity index (χ2v) is 10.5. The highest BCUT2D eigenvalue weighted by Gasteiger charge is 2.36. The van der Waals surface area contributed by atoms with E-state index in [1.54, 1.807) is 5.51 Å². The van der Waals surface area contributed by atoms with E-state index >= 15 is 0 Å². The van der Waals surface area contributed by atoms with Gasteiger partial charge in [-0.1, -0.05) is 6.07 Å². The van der Waals surface area contributed by atoms with E-state index in [1.807, 2.05) is 18.2 Å². The summed E-state index contributed by atoms with van der Waals surface area (Å²) in [5, 5.41) is -0.0778. The molecule has 218 valence electrons. The van der Waals surface area contributed by atoms with E-state index in [0.29, 0.717) is 30.5 Å². The van der Waals surface area contributed by atoms with Gasteiger partial charge in [0, 0.05) is 23.9 Å². The Kier molecular flexibility index (Phi) is 7.34. The van der Waals surface area contributed by atoms with E-state index in [0.717, 1.165) is 28.2 Å². The van der Waals surface area contributed by atoms with E-state index in [-0.39, 0.29) is 16.7 Å². The lowest BCUT2D eigenvalue weighted by Gasteiger charge is -2.15. The van der Waals surface area contributed by atoms with Crippen molar-refractivity contribution in [2.45, 2.75) is 25.6 Å². The minimum atomic E-state index is -4.78. The van der Waals surface area contributed by atoms with Crippen LogP contribution in [0.25, 0.3) is 21.1 Å². The van der Waals surface area contributed by atoms with Crippen LogP contribution < -0.4 is 10.3 Å². The predicted molar refractivity (Wildman–Crippen MR) is 148 cm³/mol. The molecule has 13 heteroatoms. The lowest BCUT2D eigenvalue weighted by atomic mass is 10.0. The Hall–Kier alpha value is -4.78. The van der Waals surface area contributed by atoms with Crippen molar-refractivity contribution >= 4 is 32.5 Å². The van der Waals surface area contributed by atoms with Crippen molar-refractivity contribution in [1.29, 1.82) is 0 Å². The van der Waals surface area contributed by atoms with Crippen LogP contribution in [0.4, 0.5) is 26.3 Å². The molecule has 0 atom stereocenters. The van der Waals surface area contributed by atoms with Crippen LogP contribution in [-0.4, -0.2) is 19.5 Å². The van der Waals surface area contributed by atoms with Crippen LogP contribution in [-0.2, 0) is 25.6 Å². The van der Waals surface area contributed by atoms with Crippen LogP contribution in [0.3, 0.4) is 0 Å². The third kappa shape index (κ3) is 5.93. The summed E-state index contributed by atoms with van der Waals surface area (Å²) in [6, 6.07) is 11.5. The molecule has 6 aromatic rings. The first-order chi connectivity index (χ1) is 20.5. The number of halogens is 6. The molecular weight excluding hydrogens is 594 g/mol. The van der Waals surface area contributed by atoms with Gasteiger partial charge in [0.05, 0.1) is 39.5 Å². The maximum absolute atomic E-state index is 14.2. The van der Waals surface area contributed by atoms with Gasteiger partial charge in [0.2, 0.25) is 5.88 Å². The summed E-state index contributed by atoms with van der Waals surface area (Å²) in [5.41, 5.74) is 1.77. The molecule has 0 bridgehead atoms.